The van der Waals surface area contributed by atoms with Crippen LogP contribution in [-0.2, 0) is 0 Å². The standard InChI is InChI=1S/C14H11N5O2/c20-13-5-4-11(18-19-13)14(21)17-10-3-1-2-9(6-10)12-7-15-8-16-12/h1-8H,(H,15,16)(H,17,21)(H,19,20). The van der Waals surface area contributed by atoms with Gasteiger partial charge in [0.2, 0.25) is 0 Å². The van der Waals surface area contributed by atoms with Crippen LogP contribution in [0.1, 0.15) is 10.5 Å². The van der Waals surface area contributed by atoms with E-state index in [1.807, 2.05) is 18.2 Å². The molecule has 3 rings (SSSR count). The van der Waals surface area contributed by atoms with Gasteiger partial charge in [-0.2, -0.15) is 5.10 Å². The van der Waals surface area contributed by atoms with Crippen LogP contribution in [-0.4, -0.2) is 26.1 Å². The van der Waals surface area contributed by atoms with Crippen molar-refractivity contribution in [2.75, 3.05) is 5.32 Å². The molecule has 21 heavy (non-hydrogen) atoms. The van der Waals surface area contributed by atoms with Crippen LogP contribution in [0, 0.1) is 0 Å². The first-order valence-corrected chi connectivity index (χ1v) is 6.18. The summed E-state index contributed by atoms with van der Waals surface area (Å²) in [5, 5.41) is 8.62. The van der Waals surface area contributed by atoms with Crippen LogP contribution < -0.4 is 10.9 Å². The molecular formula is C14H11N5O2. The summed E-state index contributed by atoms with van der Waals surface area (Å²) in [7, 11) is 0. The zero-order valence-electron chi connectivity index (χ0n) is 10.8. The second kappa shape index (κ2) is 5.41. The molecule has 7 heteroatoms. The van der Waals surface area contributed by atoms with Crippen molar-refractivity contribution >= 4 is 11.6 Å². The van der Waals surface area contributed by atoms with E-state index in [9.17, 15) is 9.59 Å². The third kappa shape index (κ3) is 2.86. The van der Waals surface area contributed by atoms with Crippen LogP contribution in [0.5, 0.6) is 0 Å². The number of anilines is 1. The largest absolute Gasteiger partial charge is 0.345 e. The van der Waals surface area contributed by atoms with Gasteiger partial charge in [-0.25, -0.2) is 10.1 Å². The summed E-state index contributed by atoms with van der Waals surface area (Å²) in [5.74, 6) is -0.395. The number of hydrogen-bond acceptors (Lipinski definition) is 4. The number of amides is 1. The lowest BCUT2D eigenvalue weighted by Crippen LogP contribution is -2.17. The molecule has 3 aromatic rings. The van der Waals surface area contributed by atoms with Crippen LogP contribution in [0.25, 0.3) is 11.3 Å². The van der Waals surface area contributed by atoms with Crippen molar-refractivity contribution in [3.05, 3.63) is 65.0 Å². The highest BCUT2D eigenvalue weighted by atomic mass is 16.2. The molecule has 104 valence electrons. The predicted octanol–water partition coefficient (Wildman–Crippen LogP) is 1.41. The van der Waals surface area contributed by atoms with E-state index in [1.54, 1.807) is 18.6 Å². The molecule has 2 heterocycles. The van der Waals surface area contributed by atoms with Gasteiger partial charge in [-0.15, -0.1) is 0 Å². The fourth-order valence-corrected chi connectivity index (χ4v) is 1.84. The third-order valence-corrected chi connectivity index (χ3v) is 2.84. The van der Waals surface area contributed by atoms with Gasteiger partial charge in [0.05, 0.1) is 18.2 Å². The summed E-state index contributed by atoms with van der Waals surface area (Å²) in [6, 6.07) is 9.93. The molecule has 1 amide bonds. The Kier molecular flexibility index (Phi) is 3.30. The fraction of sp³-hybridized carbons (Fsp3) is 0. The highest BCUT2D eigenvalue weighted by molar-refractivity contribution is 6.02. The number of aromatic nitrogens is 4. The van der Waals surface area contributed by atoms with E-state index in [2.05, 4.69) is 25.5 Å². The Hall–Kier alpha value is -3.22. The van der Waals surface area contributed by atoms with Gasteiger partial charge in [-0.3, -0.25) is 9.59 Å². The lowest BCUT2D eigenvalue weighted by Gasteiger charge is -2.06. The van der Waals surface area contributed by atoms with Crippen molar-refractivity contribution in [2.24, 2.45) is 0 Å². The van der Waals surface area contributed by atoms with Crippen molar-refractivity contribution in [2.45, 2.75) is 0 Å². The van der Waals surface area contributed by atoms with Crippen molar-refractivity contribution in [1.29, 1.82) is 0 Å². The molecule has 0 aliphatic heterocycles. The zero-order valence-corrected chi connectivity index (χ0v) is 10.8. The molecule has 0 fully saturated rings. The zero-order chi connectivity index (χ0) is 14.7. The predicted molar refractivity (Wildman–Crippen MR) is 76.8 cm³/mol. The summed E-state index contributed by atoms with van der Waals surface area (Å²) in [6.07, 6.45) is 3.29. The lowest BCUT2D eigenvalue weighted by molar-refractivity contribution is 0.102. The normalized spacial score (nSPS) is 10.3. The number of nitrogens with zero attached hydrogens (tertiary/aromatic N) is 2. The SMILES string of the molecule is O=C(Nc1cccc(-c2cnc[nH]2)c1)c1ccc(=O)[nH]n1. The topological polar surface area (TPSA) is 104 Å². The molecule has 0 radical (unpaired) electrons. The molecular weight excluding hydrogens is 270 g/mol. The molecule has 0 unspecified atom stereocenters. The Balaban J connectivity index is 1.82. The molecule has 3 N–H and O–H groups in total. The smallest absolute Gasteiger partial charge is 0.276 e. The second-order valence-electron chi connectivity index (χ2n) is 4.31. The first-order chi connectivity index (χ1) is 10.2. The molecule has 0 saturated carbocycles. The quantitative estimate of drug-likeness (QED) is 0.675. The van der Waals surface area contributed by atoms with Crippen molar-refractivity contribution in [3.63, 3.8) is 0 Å². The van der Waals surface area contributed by atoms with Crippen LogP contribution >= 0.6 is 0 Å². The van der Waals surface area contributed by atoms with Gasteiger partial charge in [0, 0.05) is 17.3 Å². The Labute approximate surface area is 119 Å². The molecule has 7 nitrogen and oxygen atoms in total. The molecule has 0 spiro atoms. The highest BCUT2D eigenvalue weighted by Crippen LogP contribution is 2.20. The number of nitrogens with one attached hydrogen (secondary N) is 3. The maximum atomic E-state index is 12.0. The van der Waals surface area contributed by atoms with E-state index in [0.29, 0.717) is 5.69 Å². The number of benzene rings is 1. The van der Waals surface area contributed by atoms with E-state index in [0.717, 1.165) is 11.3 Å². The first-order valence-electron chi connectivity index (χ1n) is 6.18. The highest BCUT2D eigenvalue weighted by Gasteiger charge is 2.08. The summed E-state index contributed by atoms with van der Waals surface area (Å²) in [6.45, 7) is 0. The van der Waals surface area contributed by atoms with Crippen LogP contribution in [0.15, 0.2) is 53.7 Å². The Bertz CT molecular complexity index is 803. The number of hydrogen-bond donors (Lipinski definition) is 3. The van der Waals surface area contributed by atoms with Gasteiger partial charge < -0.3 is 10.3 Å². The Morgan fingerprint density at radius 2 is 2.10 bits per heavy atom. The number of aromatic amines is 2. The van der Waals surface area contributed by atoms with Gasteiger partial charge in [0.15, 0.2) is 0 Å². The minimum Gasteiger partial charge on any atom is -0.345 e. The second-order valence-corrected chi connectivity index (χ2v) is 4.31. The Morgan fingerprint density at radius 1 is 1.19 bits per heavy atom. The lowest BCUT2D eigenvalue weighted by atomic mass is 10.1. The number of rotatable bonds is 3. The van der Waals surface area contributed by atoms with Crippen LogP contribution in [0.3, 0.4) is 0 Å². The van der Waals surface area contributed by atoms with Crippen molar-refractivity contribution in [3.8, 4) is 11.3 Å². The monoisotopic (exact) mass is 281 g/mol. The molecule has 0 atom stereocenters. The molecule has 0 saturated heterocycles. The molecule has 2 aromatic heterocycles. The number of carbonyl (C=O) groups is 1. The average molecular weight is 281 g/mol. The summed E-state index contributed by atoms with van der Waals surface area (Å²) >= 11 is 0. The van der Waals surface area contributed by atoms with E-state index in [4.69, 9.17) is 0 Å². The Morgan fingerprint density at radius 3 is 2.81 bits per heavy atom. The van der Waals surface area contributed by atoms with Gasteiger partial charge in [-0.05, 0) is 18.2 Å². The molecule has 0 bridgehead atoms. The van der Waals surface area contributed by atoms with E-state index < -0.39 is 5.91 Å². The number of carbonyl (C=O) groups excluding carboxylic acids is 1. The van der Waals surface area contributed by atoms with Gasteiger partial charge in [0.1, 0.15) is 5.69 Å². The van der Waals surface area contributed by atoms with Crippen LogP contribution in [0.2, 0.25) is 0 Å². The van der Waals surface area contributed by atoms with Crippen LogP contribution in [0.4, 0.5) is 5.69 Å². The van der Waals surface area contributed by atoms with Crippen molar-refractivity contribution < 1.29 is 4.79 Å². The van der Waals surface area contributed by atoms with Gasteiger partial charge >= 0.3 is 0 Å². The maximum Gasteiger partial charge on any atom is 0.276 e. The number of H-pyrrole nitrogens is 2. The van der Waals surface area contributed by atoms with E-state index >= 15 is 0 Å². The minimum absolute atomic E-state index is 0.140. The third-order valence-electron chi connectivity index (χ3n) is 2.84. The summed E-state index contributed by atoms with van der Waals surface area (Å²) < 4.78 is 0. The van der Waals surface area contributed by atoms with Gasteiger partial charge in [0.25, 0.3) is 11.5 Å². The number of imidazole rings is 1. The molecule has 0 aliphatic rings. The summed E-state index contributed by atoms with van der Waals surface area (Å²) in [5.41, 5.74) is 2.17. The summed E-state index contributed by atoms with van der Waals surface area (Å²) in [4.78, 5) is 29.9. The van der Waals surface area contributed by atoms with Crippen molar-refractivity contribution in [1.82, 2.24) is 20.2 Å². The average Bonchev–Trinajstić information content (AvgIpc) is 3.02. The molecule has 0 aliphatic carbocycles. The fourth-order valence-electron chi connectivity index (χ4n) is 1.84. The minimum atomic E-state index is -0.395. The van der Waals surface area contributed by atoms with E-state index in [1.165, 1.54) is 12.1 Å². The van der Waals surface area contributed by atoms with Gasteiger partial charge in [-0.1, -0.05) is 12.1 Å². The maximum absolute atomic E-state index is 12.0. The molecule has 1 aromatic carbocycles. The first kappa shape index (κ1) is 12.8. The van der Waals surface area contributed by atoms with E-state index in [-0.39, 0.29) is 11.3 Å².